The summed E-state index contributed by atoms with van der Waals surface area (Å²) in [4.78, 5) is 28.0. The Bertz CT molecular complexity index is 693. The van der Waals surface area contributed by atoms with Crippen LogP contribution in [-0.4, -0.2) is 54.3 Å². The molecule has 1 N–H and O–H groups in total. The molecular formula is C18H23ClF3N3O2. The highest BCUT2D eigenvalue weighted by Gasteiger charge is 2.38. The third-order valence-electron chi connectivity index (χ3n) is 5.12. The fourth-order valence-corrected chi connectivity index (χ4v) is 3.59. The Kier molecular flexibility index (Phi) is 6.75. The highest BCUT2D eigenvalue weighted by molar-refractivity contribution is 5.89. The van der Waals surface area contributed by atoms with E-state index in [4.69, 9.17) is 0 Å². The van der Waals surface area contributed by atoms with Crippen LogP contribution < -0.4 is 5.32 Å². The van der Waals surface area contributed by atoms with Crippen molar-refractivity contribution in [2.45, 2.75) is 31.6 Å². The van der Waals surface area contributed by atoms with Crippen molar-refractivity contribution < 1.29 is 22.8 Å². The van der Waals surface area contributed by atoms with Gasteiger partial charge in [0, 0.05) is 39.1 Å². The molecule has 27 heavy (non-hydrogen) atoms. The summed E-state index contributed by atoms with van der Waals surface area (Å²) in [5.41, 5.74) is -0.322. The van der Waals surface area contributed by atoms with Crippen molar-refractivity contribution in [3.8, 4) is 0 Å². The van der Waals surface area contributed by atoms with Gasteiger partial charge in [-0.25, -0.2) is 0 Å². The van der Waals surface area contributed by atoms with Crippen LogP contribution in [0.3, 0.4) is 0 Å². The van der Waals surface area contributed by atoms with E-state index < -0.39 is 17.7 Å². The normalized spacial score (nSPS) is 22.7. The molecule has 5 nitrogen and oxygen atoms in total. The molecule has 2 fully saturated rings. The van der Waals surface area contributed by atoms with Gasteiger partial charge in [0.15, 0.2) is 0 Å². The van der Waals surface area contributed by atoms with E-state index in [9.17, 15) is 22.8 Å². The van der Waals surface area contributed by atoms with E-state index >= 15 is 0 Å². The molecule has 0 radical (unpaired) electrons. The highest BCUT2D eigenvalue weighted by atomic mass is 35.5. The van der Waals surface area contributed by atoms with E-state index in [1.807, 2.05) is 0 Å². The predicted octanol–water partition coefficient (Wildman–Crippen LogP) is 2.30. The van der Waals surface area contributed by atoms with Gasteiger partial charge >= 0.3 is 6.18 Å². The molecule has 3 rings (SSSR count). The van der Waals surface area contributed by atoms with Crippen LogP contribution in [0, 0.1) is 5.92 Å². The first-order valence-electron chi connectivity index (χ1n) is 8.67. The minimum atomic E-state index is -4.42. The Morgan fingerprint density at radius 2 is 2.11 bits per heavy atom. The van der Waals surface area contributed by atoms with Crippen molar-refractivity contribution in [2.75, 3.05) is 26.7 Å². The lowest BCUT2D eigenvalue weighted by Gasteiger charge is -2.26. The van der Waals surface area contributed by atoms with Crippen LogP contribution in [0.15, 0.2) is 24.3 Å². The van der Waals surface area contributed by atoms with Crippen LogP contribution in [0.25, 0.3) is 0 Å². The highest BCUT2D eigenvalue weighted by Crippen LogP contribution is 2.30. The van der Waals surface area contributed by atoms with Crippen LogP contribution in [0.4, 0.5) is 13.2 Å². The minimum Gasteiger partial charge on any atom is -0.341 e. The first-order chi connectivity index (χ1) is 12.3. The lowest BCUT2D eigenvalue weighted by Crippen LogP contribution is -2.42. The molecule has 2 aliphatic heterocycles. The van der Waals surface area contributed by atoms with Crippen molar-refractivity contribution in [1.82, 2.24) is 15.1 Å². The molecule has 1 aromatic rings. The first kappa shape index (κ1) is 21.5. The average Bonchev–Trinajstić information content (AvgIpc) is 3.24. The molecule has 2 aliphatic rings. The number of carbonyl (C=O) groups is 2. The maximum atomic E-state index is 12.8. The van der Waals surface area contributed by atoms with E-state index in [0.29, 0.717) is 5.56 Å². The van der Waals surface area contributed by atoms with Gasteiger partial charge < -0.3 is 15.1 Å². The second-order valence-electron chi connectivity index (χ2n) is 6.97. The number of carbonyl (C=O) groups excluding carboxylic acids is 2. The van der Waals surface area contributed by atoms with E-state index in [1.54, 1.807) is 18.0 Å². The molecule has 2 atom stereocenters. The monoisotopic (exact) mass is 405 g/mol. The number of alkyl halides is 3. The smallest absolute Gasteiger partial charge is 0.341 e. The Morgan fingerprint density at radius 1 is 1.37 bits per heavy atom. The van der Waals surface area contributed by atoms with Crippen molar-refractivity contribution in [3.63, 3.8) is 0 Å². The molecule has 0 spiro atoms. The van der Waals surface area contributed by atoms with Gasteiger partial charge in [0.25, 0.3) is 0 Å². The molecule has 2 amide bonds. The van der Waals surface area contributed by atoms with Gasteiger partial charge in [-0.3, -0.25) is 9.59 Å². The second kappa shape index (κ2) is 8.48. The summed E-state index contributed by atoms with van der Waals surface area (Å²) in [6.07, 6.45) is -3.42. The molecule has 2 heterocycles. The Balaban J connectivity index is 0.00000261. The predicted molar refractivity (Wildman–Crippen MR) is 96.3 cm³/mol. The molecule has 0 saturated carbocycles. The number of nitrogens with one attached hydrogen (secondary N) is 1. The lowest BCUT2D eigenvalue weighted by molar-refractivity contribution is -0.137. The van der Waals surface area contributed by atoms with Crippen molar-refractivity contribution in [2.24, 2.45) is 5.92 Å². The number of hydrogen-bond donors (Lipinski definition) is 1. The lowest BCUT2D eigenvalue weighted by atomic mass is 10.1. The van der Waals surface area contributed by atoms with Crippen molar-refractivity contribution in [1.29, 1.82) is 0 Å². The van der Waals surface area contributed by atoms with Gasteiger partial charge in [-0.15, -0.1) is 12.4 Å². The molecular weight excluding hydrogens is 383 g/mol. The fourth-order valence-electron chi connectivity index (χ4n) is 3.59. The zero-order chi connectivity index (χ0) is 18.9. The average molecular weight is 406 g/mol. The molecule has 0 bridgehead atoms. The zero-order valence-corrected chi connectivity index (χ0v) is 15.8. The molecule has 0 aliphatic carbocycles. The number of rotatable bonds is 4. The first-order valence-corrected chi connectivity index (χ1v) is 8.67. The topological polar surface area (TPSA) is 52.7 Å². The van der Waals surface area contributed by atoms with Gasteiger partial charge in [-0.05, 0) is 30.7 Å². The van der Waals surface area contributed by atoms with Crippen molar-refractivity contribution >= 4 is 24.2 Å². The summed E-state index contributed by atoms with van der Waals surface area (Å²) in [6, 6.07) is 5.09. The Morgan fingerprint density at radius 3 is 2.74 bits per heavy atom. The number of likely N-dealkylation sites (tertiary alicyclic amines) is 1. The summed E-state index contributed by atoms with van der Waals surface area (Å²) in [7, 11) is 1.75. The minimum absolute atomic E-state index is 0. The SMILES string of the molecule is CN(C(=O)C1CC(=O)N(Cc2cccc(C(F)(F)F)c2)C1)C1CCNC1.Cl. The summed E-state index contributed by atoms with van der Waals surface area (Å²) in [5, 5.41) is 3.20. The van der Waals surface area contributed by atoms with Gasteiger partial charge in [0.1, 0.15) is 0 Å². The van der Waals surface area contributed by atoms with Gasteiger partial charge in [-0.2, -0.15) is 13.2 Å². The molecule has 9 heteroatoms. The molecule has 2 saturated heterocycles. The van der Waals surface area contributed by atoms with Crippen LogP contribution in [-0.2, 0) is 22.3 Å². The quantitative estimate of drug-likeness (QED) is 0.836. The molecule has 150 valence electrons. The zero-order valence-electron chi connectivity index (χ0n) is 15.0. The van der Waals surface area contributed by atoms with Gasteiger partial charge in [0.05, 0.1) is 11.5 Å². The van der Waals surface area contributed by atoms with E-state index in [1.165, 1.54) is 11.0 Å². The van der Waals surface area contributed by atoms with Crippen LogP contribution >= 0.6 is 12.4 Å². The van der Waals surface area contributed by atoms with E-state index in [0.717, 1.165) is 31.6 Å². The Labute approximate surface area is 162 Å². The number of nitrogens with zero attached hydrogens (tertiary/aromatic N) is 2. The standard InChI is InChI=1S/C18H22F3N3O2.ClH/c1-23(15-5-6-22-9-15)17(26)13-8-16(25)24(11-13)10-12-3-2-4-14(7-12)18(19,20)21;/h2-4,7,13,15,22H,5-6,8-11H2,1H3;1H. The van der Waals surface area contributed by atoms with Crippen LogP contribution in [0.1, 0.15) is 24.0 Å². The molecule has 2 unspecified atom stereocenters. The third-order valence-corrected chi connectivity index (χ3v) is 5.12. The van der Waals surface area contributed by atoms with Crippen LogP contribution in [0.2, 0.25) is 0 Å². The number of halogens is 4. The molecule has 1 aromatic carbocycles. The maximum Gasteiger partial charge on any atom is 0.416 e. The summed E-state index contributed by atoms with van der Waals surface area (Å²) < 4.78 is 38.5. The number of benzene rings is 1. The van der Waals surface area contributed by atoms with Crippen molar-refractivity contribution in [3.05, 3.63) is 35.4 Å². The number of likely N-dealkylation sites (N-methyl/N-ethyl adjacent to an activating group) is 1. The fraction of sp³-hybridized carbons (Fsp3) is 0.556. The largest absolute Gasteiger partial charge is 0.416 e. The molecule has 0 aromatic heterocycles. The van der Waals surface area contributed by atoms with Gasteiger partial charge in [-0.1, -0.05) is 12.1 Å². The summed E-state index contributed by atoms with van der Waals surface area (Å²) in [5.74, 6) is -0.698. The summed E-state index contributed by atoms with van der Waals surface area (Å²) in [6.45, 7) is 1.95. The second-order valence-corrected chi connectivity index (χ2v) is 6.97. The maximum absolute atomic E-state index is 12.8. The van der Waals surface area contributed by atoms with E-state index in [-0.39, 0.29) is 49.8 Å². The number of hydrogen-bond acceptors (Lipinski definition) is 3. The van der Waals surface area contributed by atoms with Gasteiger partial charge in [0.2, 0.25) is 11.8 Å². The third kappa shape index (κ3) is 4.93. The number of amides is 2. The van der Waals surface area contributed by atoms with Crippen LogP contribution in [0.5, 0.6) is 0 Å². The summed E-state index contributed by atoms with van der Waals surface area (Å²) >= 11 is 0. The Hall–Kier alpha value is -1.80. The van der Waals surface area contributed by atoms with E-state index in [2.05, 4.69) is 5.32 Å².